The summed E-state index contributed by atoms with van der Waals surface area (Å²) in [5, 5.41) is 0. The minimum Gasteiger partial charge on any atom is -0.497 e. The highest BCUT2D eigenvalue weighted by atomic mass is 16.5. The van der Waals surface area contributed by atoms with Crippen LogP contribution in [0.15, 0.2) is 29.3 Å². The van der Waals surface area contributed by atoms with Crippen LogP contribution in [-0.4, -0.2) is 37.6 Å². The van der Waals surface area contributed by atoms with Crippen molar-refractivity contribution in [1.82, 2.24) is 4.90 Å². The van der Waals surface area contributed by atoms with Gasteiger partial charge in [-0.3, -0.25) is 4.99 Å². The molecule has 1 fully saturated rings. The monoisotopic (exact) mass is 303 g/mol. The molecule has 1 aromatic rings. The summed E-state index contributed by atoms with van der Waals surface area (Å²) in [7, 11) is 1.69. The zero-order valence-electron chi connectivity index (χ0n) is 14.3. The molecule has 0 atom stereocenters. The van der Waals surface area contributed by atoms with Crippen LogP contribution < -0.4 is 10.5 Å². The first-order valence-corrected chi connectivity index (χ1v) is 8.12. The largest absolute Gasteiger partial charge is 0.497 e. The summed E-state index contributed by atoms with van der Waals surface area (Å²) >= 11 is 0. The Bertz CT molecular complexity index is 500. The van der Waals surface area contributed by atoms with Crippen LogP contribution >= 0.6 is 0 Å². The summed E-state index contributed by atoms with van der Waals surface area (Å²) < 4.78 is 5.21. The molecule has 0 saturated carbocycles. The average Bonchev–Trinajstić information content (AvgIpc) is 2.53. The molecule has 0 aliphatic carbocycles. The molecule has 2 N–H and O–H groups in total. The van der Waals surface area contributed by atoms with Crippen LogP contribution in [0.5, 0.6) is 5.75 Å². The van der Waals surface area contributed by atoms with E-state index in [0.29, 0.717) is 12.5 Å². The quantitative estimate of drug-likeness (QED) is 0.687. The van der Waals surface area contributed by atoms with Crippen LogP contribution in [0.4, 0.5) is 0 Å². The van der Waals surface area contributed by atoms with Crippen LogP contribution in [0.2, 0.25) is 0 Å². The van der Waals surface area contributed by atoms with Gasteiger partial charge in [-0.05, 0) is 36.5 Å². The summed E-state index contributed by atoms with van der Waals surface area (Å²) in [6.45, 7) is 9.45. The fourth-order valence-corrected chi connectivity index (χ4v) is 2.75. The third-order valence-electron chi connectivity index (χ3n) is 4.62. The Morgan fingerprint density at radius 1 is 1.27 bits per heavy atom. The summed E-state index contributed by atoms with van der Waals surface area (Å²) in [6.07, 6.45) is 2.41. The zero-order chi connectivity index (χ0) is 16.2. The second-order valence-electron chi connectivity index (χ2n) is 6.96. The Labute approximate surface area is 134 Å². The van der Waals surface area contributed by atoms with Crippen LogP contribution in [0.25, 0.3) is 0 Å². The van der Waals surface area contributed by atoms with Crippen molar-refractivity contribution in [2.45, 2.75) is 39.0 Å². The number of guanidine groups is 1. The van der Waals surface area contributed by atoms with Crippen molar-refractivity contribution in [2.24, 2.45) is 16.6 Å². The molecular weight excluding hydrogens is 274 g/mol. The van der Waals surface area contributed by atoms with Crippen LogP contribution in [0.3, 0.4) is 0 Å². The summed E-state index contributed by atoms with van der Waals surface area (Å²) in [5.74, 6) is 2.37. The molecule has 4 heteroatoms. The van der Waals surface area contributed by atoms with Gasteiger partial charge in [-0.15, -0.1) is 0 Å². The first-order valence-electron chi connectivity index (χ1n) is 8.12. The predicted octanol–water partition coefficient (Wildman–Crippen LogP) is 3.02. The lowest BCUT2D eigenvalue weighted by molar-refractivity contribution is 0.277. The fourth-order valence-electron chi connectivity index (χ4n) is 2.75. The van der Waals surface area contributed by atoms with Crippen LogP contribution in [-0.2, 0) is 5.41 Å². The number of benzene rings is 1. The van der Waals surface area contributed by atoms with E-state index in [1.807, 2.05) is 12.1 Å². The zero-order valence-corrected chi connectivity index (χ0v) is 14.3. The van der Waals surface area contributed by atoms with E-state index < -0.39 is 0 Å². The predicted molar refractivity (Wildman–Crippen MR) is 92.5 cm³/mol. The molecule has 1 heterocycles. The molecular formula is C18H29N3O. The van der Waals surface area contributed by atoms with Gasteiger partial charge in [-0.1, -0.05) is 32.9 Å². The van der Waals surface area contributed by atoms with E-state index in [4.69, 9.17) is 10.5 Å². The number of rotatable bonds is 4. The van der Waals surface area contributed by atoms with Gasteiger partial charge in [0.2, 0.25) is 0 Å². The van der Waals surface area contributed by atoms with Gasteiger partial charge in [0.05, 0.1) is 13.7 Å². The molecule has 0 radical (unpaired) electrons. The number of methoxy groups -OCH3 is 1. The first kappa shape index (κ1) is 16.7. The van der Waals surface area contributed by atoms with Gasteiger partial charge in [0, 0.05) is 18.5 Å². The molecule has 22 heavy (non-hydrogen) atoms. The van der Waals surface area contributed by atoms with Crippen molar-refractivity contribution in [3.05, 3.63) is 29.8 Å². The van der Waals surface area contributed by atoms with E-state index in [1.165, 1.54) is 18.4 Å². The van der Waals surface area contributed by atoms with Crippen LogP contribution in [0.1, 0.15) is 39.2 Å². The smallest absolute Gasteiger partial charge is 0.191 e. The summed E-state index contributed by atoms with van der Waals surface area (Å²) in [4.78, 5) is 6.87. The van der Waals surface area contributed by atoms with Gasteiger partial charge in [0.1, 0.15) is 5.75 Å². The molecule has 122 valence electrons. The van der Waals surface area contributed by atoms with Crippen molar-refractivity contribution < 1.29 is 4.74 Å². The van der Waals surface area contributed by atoms with Crippen molar-refractivity contribution in [3.63, 3.8) is 0 Å². The maximum absolute atomic E-state index is 6.18. The lowest BCUT2D eigenvalue weighted by atomic mass is 9.85. The SMILES string of the molecule is COc1ccc(C(C)(C)CN=C(N)N2CCC(C)CC2)cc1. The van der Waals surface area contributed by atoms with E-state index in [2.05, 4.69) is 42.8 Å². The summed E-state index contributed by atoms with van der Waals surface area (Å²) in [6, 6.07) is 8.20. The molecule has 0 spiro atoms. The minimum atomic E-state index is -0.0417. The molecule has 1 saturated heterocycles. The average molecular weight is 303 g/mol. The van der Waals surface area contributed by atoms with Gasteiger partial charge in [0.15, 0.2) is 5.96 Å². The van der Waals surface area contributed by atoms with Gasteiger partial charge in [0.25, 0.3) is 0 Å². The van der Waals surface area contributed by atoms with E-state index in [-0.39, 0.29) is 5.41 Å². The molecule has 0 unspecified atom stereocenters. The summed E-state index contributed by atoms with van der Waals surface area (Å²) in [5.41, 5.74) is 7.39. The third kappa shape index (κ3) is 4.15. The Hall–Kier alpha value is -1.71. The maximum atomic E-state index is 6.18. The minimum absolute atomic E-state index is 0.0417. The first-order chi connectivity index (χ1) is 10.4. The molecule has 2 rings (SSSR count). The number of hydrogen-bond acceptors (Lipinski definition) is 2. The van der Waals surface area contributed by atoms with Gasteiger partial charge in [-0.2, -0.15) is 0 Å². The molecule has 1 aliphatic heterocycles. The molecule has 0 amide bonds. The van der Waals surface area contributed by atoms with E-state index >= 15 is 0 Å². The van der Waals surface area contributed by atoms with Crippen molar-refractivity contribution in [3.8, 4) is 5.75 Å². The number of likely N-dealkylation sites (tertiary alicyclic amines) is 1. The Kier molecular flexibility index (Phi) is 5.33. The van der Waals surface area contributed by atoms with E-state index in [9.17, 15) is 0 Å². The van der Waals surface area contributed by atoms with Gasteiger partial charge in [-0.25, -0.2) is 0 Å². The second-order valence-corrected chi connectivity index (χ2v) is 6.96. The number of aliphatic imine (C=N–C) groups is 1. The highest BCUT2D eigenvalue weighted by Crippen LogP contribution is 2.25. The molecule has 0 aromatic heterocycles. The van der Waals surface area contributed by atoms with E-state index in [0.717, 1.165) is 24.8 Å². The normalized spacial score (nSPS) is 17.6. The Morgan fingerprint density at radius 3 is 2.41 bits per heavy atom. The van der Waals surface area contributed by atoms with Gasteiger partial charge < -0.3 is 15.4 Å². The molecule has 1 aliphatic rings. The number of ether oxygens (including phenoxy) is 1. The third-order valence-corrected chi connectivity index (χ3v) is 4.62. The highest BCUT2D eigenvalue weighted by Gasteiger charge is 2.22. The van der Waals surface area contributed by atoms with Crippen molar-refractivity contribution in [2.75, 3.05) is 26.7 Å². The lowest BCUT2D eigenvalue weighted by Crippen LogP contribution is -2.43. The standard InChI is InChI=1S/C18H29N3O/c1-14-9-11-21(12-10-14)17(19)20-13-18(2,3)15-5-7-16(22-4)8-6-15/h5-8,14H,9-13H2,1-4H3,(H2,19,20). The number of nitrogens with zero attached hydrogens (tertiary/aromatic N) is 2. The van der Waals surface area contributed by atoms with E-state index in [1.54, 1.807) is 7.11 Å². The van der Waals surface area contributed by atoms with Crippen molar-refractivity contribution in [1.29, 1.82) is 0 Å². The van der Waals surface area contributed by atoms with Crippen molar-refractivity contribution >= 4 is 5.96 Å². The number of piperidine rings is 1. The Morgan fingerprint density at radius 2 is 1.86 bits per heavy atom. The van der Waals surface area contributed by atoms with Crippen LogP contribution in [0, 0.1) is 5.92 Å². The topological polar surface area (TPSA) is 50.9 Å². The second kappa shape index (κ2) is 7.03. The highest BCUT2D eigenvalue weighted by molar-refractivity contribution is 5.78. The molecule has 0 bridgehead atoms. The maximum Gasteiger partial charge on any atom is 0.191 e. The van der Waals surface area contributed by atoms with Gasteiger partial charge >= 0.3 is 0 Å². The molecule has 1 aromatic carbocycles. The Balaban J connectivity index is 1.99. The number of nitrogens with two attached hydrogens (primary N) is 1. The lowest BCUT2D eigenvalue weighted by Gasteiger charge is -2.32. The fraction of sp³-hybridized carbons (Fsp3) is 0.611. The molecule has 4 nitrogen and oxygen atoms in total. The number of hydrogen-bond donors (Lipinski definition) is 1.